The quantitative estimate of drug-likeness (QED) is 0.434. The van der Waals surface area contributed by atoms with Crippen LogP contribution in [0, 0.1) is 8.78 Å². The van der Waals surface area contributed by atoms with Crippen molar-refractivity contribution in [2.24, 2.45) is 0 Å². The van der Waals surface area contributed by atoms with Gasteiger partial charge in [0.15, 0.2) is 0 Å². The van der Waals surface area contributed by atoms with E-state index in [0.29, 0.717) is 5.65 Å². The summed E-state index contributed by atoms with van der Waals surface area (Å²) in [6, 6.07) is 3.84. The van der Waals surface area contributed by atoms with Gasteiger partial charge in [-0.05, 0) is 34.7 Å². The molecule has 0 radical (unpaired) electrons. The number of halogens is 1. The van der Waals surface area contributed by atoms with Gasteiger partial charge in [-0.1, -0.05) is 0 Å². The average Bonchev–Trinajstić information content (AvgIpc) is 2.34. The van der Waals surface area contributed by atoms with E-state index < -0.39 is 0 Å². The first kappa shape index (κ1) is 6.90. The molecule has 0 amide bonds. The molecule has 2 aromatic rings. The molecule has 0 aromatic carbocycles. The van der Waals surface area contributed by atoms with Gasteiger partial charge in [0.1, 0.15) is 6.20 Å². The Kier molecular flexibility index (Phi) is 1.49. The Labute approximate surface area is 76.8 Å². The average molecular weight is 260 g/mol. The Morgan fingerprint density at radius 3 is 3.18 bits per heavy atom. The zero-order valence-electron chi connectivity index (χ0n) is 5.54. The summed E-state index contributed by atoms with van der Waals surface area (Å²) >= 11 is 2.12. The third-order valence-electron chi connectivity index (χ3n) is 1.51. The molecule has 0 aliphatic heterocycles. The summed E-state index contributed by atoms with van der Waals surface area (Å²) < 4.78 is 1.79. The summed E-state index contributed by atoms with van der Waals surface area (Å²) in [5.41, 5.74) is 0.616. The lowest BCUT2D eigenvalue weighted by Crippen LogP contribution is -2.26. The lowest BCUT2D eigenvalue weighted by atomic mass is 10.3. The van der Waals surface area contributed by atoms with Crippen LogP contribution in [-0.4, -0.2) is 4.98 Å². The van der Waals surface area contributed by atoms with E-state index >= 15 is 0 Å². The first-order valence-electron chi connectivity index (χ1n) is 3.13. The predicted molar refractivity (Wildman–Crippen MR) is 50.0 cm³/mol. The molecule has 0 atom stereocenters. The van der Waals surface area contributed by atoms with Crippen LogP contribution in [0.3, 0.4) is 0 Å². The summed E-state index contributed by atoms with van der Waals surface area (Å²) in [5.74, 6) is 0. The molecule has 1 N–H and O–H groups in total. The Bertz CT molecular complexity index is 396. The second-order valence-corrected chi connectivity index (χ2v) is 3.51. The summed E-state index contributed by atoms with van der Waals surface area (Å²) in [5, 5.41) is 12.1. The zero-order valence-corrected chi connectivity index (χ0v) is 7.70. The molecule has 0 aliphatic carbocycles. The number of aromatic amines is 1. The Hall–Kier alpha value is -0.780. The fraction of sp³-hybridized carbons (Fsp3) is 0. The van der Waals surface area contributed by atoms with Gasteiger partial charge in [0.25, 0.3) is 5.65 Å². The number of nitrogens with one attached hydrogen (secondary N) is 1. The van der Waals surface area contributed by atoms with E-state index in [2.05, 4.69) is 27.6 Å². The van der Waals surface area contributed by atoms with Gasteiger partial charge in [-0.15, -0.1) is 0 Å². The van der Waals surface area contributed by atoms with E-state index in [9.17, 15) is 5.21 Å². The first-order chi connectivity index (χ1) is 5.27. The van der Waals surface area contributed by atoms with Crippen LogP contribution in [0.4, 0.5) is 0 Å². The monoisotopic (exact) mass is 260 g/mol. The van der Waals surface area contributed by atoms with Crippen LogP contribution >= 0.6 is 22.6 Å². The van der Waals surface area contributed by atoms with Gasteiger partial charge in [0.2, 0.25) is 0 Å². The van der Waals surface area contributed by atoms with E-state index in [4.69, 9.17) is 0 Å². The predicted octanol–water partition coefficient (Wildman–Crippen LogP) is 1.41. The number of H-pyrrole nitrogens is 1. The fourth-order valence-electron chi connectivity index (χ4n) is 1.04. The molecule has 2 heterocycles. The molecular formula is C7H5IN2O. The Morgan fingerprint density at radius 1 is 1.55 bits per heavy atom. The summed E-state index contributed by atoms with van der Waals surface area (Å²) in [6.45, 7) is 0. The van der Waals surface area contributed by atoms with E-state index in [1.54, 1.807) is 12.4 Å². The second kappa shape index (κ2) is 2.37. The fourth-order valence-corrected chi connectivity index (χ4v) is 1.63. The van der Waals surface area contributed by atoms with Gasteiger partial charge in [-0.2, -0.15) is 0 Å². The lowest BCUT2D eigenvalue weighted by molar-refractivity contribution is -0.579. The van der Waals surface area contributed by atoms with Gasteiger partial charge >= 0.3 is 0 Å². The SMILES string of the molecule is [O-][n+]1cc(I)cc2cc[nH]c21. The topological polar surface area (TPSA) is 42.7 Å². The van der Waals surface area contributed by atoms with Crippen molar-refractivity contribution in [1.29, 1.82) is 0 Å². The number of rotatable bonds is 0. The maximum Gasteiger partial charge on any atom is 0.289 e. The van der Waals surface area contributed by atoms with Crippen LogP contribution in [0.15, 0.2) is 24.5 Å². The highest BCUT2D eigenvalue weighted by molar-refractivity contribution is 14.1. The molecule has 0 aliphatic rings. The highest BCUT2D eigenvalue weighted by Crippen LogP contribution is 2.10. The second-order valence-electron chi connectivity index (χ2n) is 2.27. The molecule has 3 nitrogen and oxygen atoms in total. The van der Waals surface area contributed by atoms with Crippen molar-refractivity contribution in [3.05, 3.63) is 33.3 Å². The van der Waals surface area contributed by atoms with Gasteiger partial charge < -0.3 is 5.21 Å². The van der Waals surface area contributed by atoms with Crippen molar-refractivity contribution in [2.75, 3.05) is 0 Å². The van der Waals surface area contributed by atoms with Crippen LogP contribution in [0.2, 0.25) is 0 Å². The van der Waals surface area contributed by atoms with Gasteiger partial charge in [0.05, 0.1) is 15.2 Å². The maximum absolute atomic E-state index is 11.1. The molecule has 0 spiro atoms. The maximum atomic E-state index is 11.1. The van der Waals surface area contributed by atoms with Crippen LogP contribution in [0.25, 0.3) is 11.0 Å². The van der Waals surface area contributed by atoms with Crippen molar-refractivity contribution in [1.82, 2.24) is 4.98 Å². The van der Waals surface area contributed by atoms with E-state index in [0.717, 1.165) is 13.7 Å². The van der Waals surface area contributed by atoms with Gasteiger partial charge in [-0.3, -0.25) is 0 Å². The minimum absolute atomic E-state index is 0.616. The van der Waals surface area contributed by atoms with Crippen LogP contribution in [0.5, 0.6) is 0 Å². The molecule has 2 aromatic heterocycles. The van der Waals surface area contributed by atoms with Crippen molar-refractivity contribution in [3.8, 4) is 0 Å². The van der Waals surface area contributed by atoms with Gasteiger partial charge in [-0.25, -0.2) is 9.71 Å². The molecule has 11 heavy (non-hydrogen) atoms. The first-order valence-corrected chi connectivity index (χ1v) is 4.21. The number of nitrogens with zero attached hydrogens (tertiary/aromatic N) is 1. The third kappa shape index (κ3) is 1.07. The molecule has 0 saturated heterocycles. The summed E-state index contributed by atoms with van der Waals surface area (Å²) in [6.07, 6.45) is 3.30. The number of hydrogen-bond donors (Lipinski definition) is 1. The molecule has 0 saturated carbocycles. The van der Waals surface area contributed by atoms with Crippen molar-refractivity contribution >= 4 is 33.6 Å². The largest absolute Gasteiger partial charge is 0.711 e. The smallest absolute Gasteiger partial charge is 0.289 e. The highest BCUT2D eigenvalue weighted by Gasteiger charge is 2.02. The lowest BCUT2D eigenvalue weighted by Gasteiger charge is -2.01. The molecule has 2 rings (SSSR count). The van der Waals surface area contributed by atoms with Crippen molar-refractivity contribution < 1.29 is 4.73 Å². The van der Waals surface area contributed by atoms with Crippen molar-refractivity contribution in [2.45, 2.75) is 0 Å². The minimum atomic E-state index is 0.616. The minimum Gasteiger partial charge on any atom is -0.711 e. The molecule has 0 bridgehead atoms. The molecule has 4 heteroatoms. The zero-order chi connectivity index (χ0) is 7.84. The van der Waals surface area contributed by atoms with E-state index in [1.165, 1.54) is 0 Å². The summed E-state index contributed by atoms with van der Waals surface area (Å²) in [4.78, 5) is 2.86. The highest BCUT2D eigenvalue weighted by atomic mass is 127. The number of aromatic nitrogens is 2. The van der Waals surface area contributed by atoms with Gasteiger partial charge in [0, 0.05) is 0 Å². The van der Waals surface area contributed by atoms with E-state index in [-0.39, 0.29) is 0 Å². The Morgan fingerprint density at radius 2 is 2.36 bits per heavy atom. The number of fused-ring (bicyclic) bond motifs is 1. The standard InChI is InChI=1S/C7H5IN2O/c8-6-3-5-1-2-9-7(5)10(11)4-6/h1-4,9H. The van der Waals surface area contributed by atoms with Crippen LogP contribution < -0.4 is 4.73 Å². The third-order valence-corrected chi connectivity index (χ3v) is 2.10. The Balaban J connectivity index is 2.91. The van der Waals surface area contributed by atoms with E-state index in [1.807, 2.05) is 12.1 Å². The summed E-state index contributed by atoms with van der Waals surface area (Å²) in [7, 11) is 0. The van der Waals surface area contributed by atoms with Crippen LogP contribution in [-0.2, 0) is 0 Å². The molecular weight excluding hydrogens is 255 g/mol. The molecule has 56 valence electrons. The normalized spacial score (nSPS) is 10.6. The molecule has 0 unspecified atom stereocenters. The van der Waals surface area contributed by atoms with Crippen LogP contribution in [0.1, 0.15) is 0 Å². The van der Waals surface area contributed by atoms with Crippen molar-refractivity contribution in [3.63, 3.8) is 0 Å². The molecule has 0 fully saturated rings. The number of pyridine rings is 1. The number of hydrogen-bond acceptors (Lipinski definition) is 1.